The fourth-order valence-electron chi connectivity index (χ4n) is 2.17. The average Bonchev–Trinajstić information content (AvgIpc) is 2.80. The third kappa shape index (κ3) is 3.53. The van der Waals surface area contributed by atoms with Crippen molar-refractivity contribution in [1.82, 2.24) is 0 Å². The Morgan fingerprint density at radius 2 is 1.83 bits per heavy atom. The topological polar surface area (TPSA) is 59.6 Å². The summed E-state index contributed by atoms with van der Waals surface area (Å²) >= 11 is 0. The van der Waals surface area contributed by atoms with Gasteiger partial charge < -0.3 is 20.1 Å². The van der Waals surface area contributed by atoms with Gasteiger partial charge in [-0.3, -0.25) is 4.79 Å². The highest BCUT2D eigenvalue weighted by Gasteiger charge is 2.43. The van der Waals surface area contributed by atoms with Crippen LogP contribution in [-0.4, -0.2) is 18.2 Å². The molecule has 1 aliphatic rings. The molecule has 0 spiro atoms. The molecule has 2 aromatic rings. The van der Waals surface area contributed by atoms with Crippen LogP contribution in [0.4, 0.5) is 24.5 Å². The highest BCUT2D eigenvalue weighted by Crippen LogP contribution is 2.42. The van der Waals surface area contributed by atoms with E-state index in [1.54, 1.807) is 13.0 Å². The van der Waals surface area contributed by atoms with Gasteiger partial charge in [-0.25, -0.2) is 4.39 Å². The van der Waals surface area contributed by atoms with E-state index in [1.165, 1.54) is 36.4 Å². The second-order valence-electron chi connectivity index (χ2n) is 5.19. The van der Waals surface area contributed by atoms with Crippen LogP contribution in [0.3, 0.4) is 0 Å². The zero-order valence-corrected chi connectivity index (χ0v) is 12.5. The number of fused-ring (bicyclic) bond motifs is 1. The van der Waals surface area contributed by atoms with E-state index in [1.807, 2.05) is 0 Å². The van der Waals surface area contributed by atoms with E-state index in [0.717, 1.165) is 0 Å². The maximum absolute atomic E-state index is 13.1. The van der Waals surface area contributed by atoms with E-state index in [9.17, 15) is 18.0 Å². The molecule has 0 saturated carbocycles. The third-order valence-corrected chi connectivity index (χ3v) is 3.27. The molecule has 1 aliphatic heterocycles. The lowest BCUT2D eigenvalue weighted by Crippen LogP contribution is -2.31. The summed E-state index contributed by atoms with van der Waals surface area (Å²) in [4.78, 5) is 12.1. The zero-order valence-electron chi connectivity index (χ0n) is 12.5. The normalized spacial score (nSPS) is 15.7. The number of carbonyl (C=O) groups excluding carboxylic acids is 1. The molecule has 24 heavy (non-hydrogen) atoms. The first-order valence-corrected chi connectivity index (χ1v) is 7.05. The summed E-state index contributed by atoms with van der Waals surface area (Å²) in [6.07, 6.45) is -3.69. The molecule has 126 valence electrons. The van der Waals surface area contributed by atoms with Gasteiger partial charge in [0.25, 0.3) is 0 Å². The van der Waals surface area contributed by atoms with Crippen molar-refractivity contribution >= 4 is 17.3 Å². The number of ether oxygens (including phenoxy) is 2. The van der Waals surface area contributed by atoms with Crippen molar-refractivity contribution in [3.63, 3.8) is 0 Å². The van der Waals surface area contributed by atoms with Crippen LogP contribution in [0.15, 0.2) is 42.5 Å². The van der Waals surface area contributed by atoms with Gasteiger partial charge in [0.2, 0.25) is 5.91 Å². The van der Waals surface area contributed by atoms with Crippen molar-refractivity contribution in [1.29, 1.82) is 0 Å². The second kappa shape index (κ2) is 5.95. The largest absolute Gasteiger partial charge is 0.586 e. The van der Waals surface area contributed by atoms with Gasteiger partial charge in [0.1, 0.15) is 11.9 Å². The number of carbonyl (C=O) groups is 1. The van der Waals surface area contributed by atoms with Gasteiger partial charge in [-0.1, -0.05) is 6.07 Å². The summed E-state index contributed by atoms with van der Waals surface area (Å²) in [7, 11) is 0. The van der Waals surface area contributed by atoms with E-state index in [2.05, 4.69) is 20.1 Å². The lowest BCUT2D eigenvalue weighted by molar-refractivity contribution is -0.286. The minimum atomic E-state index is -3.69. The van der Waals surface area contributed by atoms with Crippen molar-refractivity contribution < 1.29 is 27.4 Å². The predicted octanol–water partition coefficient (Wildman–Crippen LogP) is 3.59. The molecule has 1 unspecified atom stereocenters. The number of rotatable bonds is 4. The second-order valence-corrected chi connectivity index (χ2v) is 5.19. The minimum Gasteiger partial charge on any atom is -0.395 e. The standard InChI is InChI=1S/C16H13F3N2O3/c1-9(15(22)21-11-4-2-3-10(17)7-11)20-12-5-6-13-14(8-12)24-16(18,19)23-13/h2-9,20H,1H3,(H,21,22). The number of benzene rings is 2. The molecule has 0 aromatic heterocycles. The monoisotopic (exact) mass is 338 g/mol. The van der Waals surface area contributed by atoms with Crippen LogP contribution in [0.5, 0.6) is 11.5 Å². The Hall–Kier alpha value is -2.90. The molecule has 1 heterocycles. The lowest BCUT2D eigenvalue weighted by atomic mass is 10.2. The molecular weight excluding hydrogens is 325 g/mol. The van der Waals surface area contributed by atoms with Gasteiger partial charge in [-0.2, -0.15) is 0 Å². The minimum absolute atomic E-state index is 0.0811. The zero-order chi connectivity index (χ0) is 17.3. The molecule has 2 N–H and O–H groups in total. The van der Waals surface area contributed by atoms with Crippen molar-refractivity contribution in [3.05, 3.63) is 48.3 Å². The molecule has 2 aromatic carbocycles. The first kappa shape index (κ1) is 16.0. The van der Waals surface area contributed by atoms with E-state index >= 15 is 0 Å². The maximum Gasteiger partial charge on any atom is 0.586 e. The Morgan fingerprint density at radius 1 is 1.08 bits per heavy atom. The van der Waals surface area contributed by atoms with E-state index < -0.39 is 24.1 Å². The third-order valence-electron chi connectivity index (χ3n) is 3.27. The smallest absolute Gasteiger partial charge is 0.395 e. The quantitative estimate of drug-likeness (QED) is 0.894. The average molecular weight is 338 g/mol. The summed E-state index contributed by atoms with van der Waals surface area (Å²) < 4.78 is 47.7. The fraction of sp³-hybridized carbons (Fsp3) is 0.188. The van der Waals surface area contributed by atoms with Crippen LogP contribution in [0, 0.1) is 5.82 Å². The molecule has 8 heteroatoms. The molecule has 3 rings (SSSR count). The van der Waals surface area contributed by atoms with Gasteiger partial charge in [0.05, 0.1) is 0 Å². The van der Waals surface area contributed by atoms with Crippen LogP contribution in [-0.2, 0) is 4.79 Å². The molecule has 5 nitrogen and oxygen atoms in total. The Labute approximate surface area is 135 Å². The van der Waals surface area contributed by atoms with E-state index in [0.29, 0.717) is 11.4 Å². The number of alkyl halides is 2. The first-order chi connectivity index (χ1) is 11.3. The maximum atomic E-state index is 13.1. The molecule has 1 atom stereocenters. The lowest BCUT2D eigenvalue weighted by Gasteiger charge is -2.15. The highest BCUT2D eigenvalue weighted by atomic mass is 19.3. The number of halogens is 3. The summed E-state index contributed by atoms with van der Waals surface area (Å²) in [5.74, 6) is -1.08. The van der Waals surface area contributed by atoms with Crippen molar-refractivity contribution in [2.45, 2.75) is 19.3 Å². The molecule has 0 bridgehead atoms. The van der Waals surface area contributed by atoms with Gasteiger partial charge >= 0.3 is 6.29 Å². The van der Waals surface area contributed by atoms with Crippen LogP contribution >= 0.6 is 0 Å². The van der Waals surface area contributed by atoms with Gasteiger partial charge in [-0.05, 0) is 37.3 Å². The van der Waals surface area contributed by atoms with Crippen LogP contribution in [0.25, 0.3) is 0 Å². The molecular formula is C16H13F3N2O3. The van der Waals surface area contributed by atoms with Gasteiger partial charge in [0.15, 0.2) is 11.5 Å². The highest BCUT2D eigenvalue weighted by molar-refractivity contribution is 5.96. The number of anilines is 2. The van der Waals surface area contributed by atoms with Crippen LogP contribution in [0.2, 0.25) is 0 Å². The molecule has 1 amide bonds. The Morgan fingerprint density at radius 3 is 2.58 bits per heavy atom. The Balaban J connectivity index is 1.65. The summed E-state index contributed by atoms with van der Waals surface area (Å²) in [5, 5.41) is 5.40. The number of hydrogen-bond donors (Lipinski definition) is 2. The Bertz CT molecular complexity index is 783. The number of nitrogens with one attached hydrogen (secondary N) is 2. The first-order valence-electron chi connectivity index (χ1n) is 7.05. The van der Waals surface area contributed by atoms with Crippen molar-refractivity contribution in [2.24, 2.45) is 0 Å². The van der Waals surface area contributed by atoms with Crippen molar-refractivity contribution in [2.75, 3.05) is 10.6 Å². The van der Waals surface area contributed by atoms with Crippen LogP contribution < -0.4 is 20.1 Å². The predicted molar refractivity (Wildman–Crippen MR) is 80.8 cm³/mol. The molecule has 0 aliphatic carbocycles. The summed E-state index contributed by atoms with van der Waals surface area (Å²) in [6.45, 7) is 1.58. The number of hydrogen-bond acceptors (Lipinski definition) is 4. The summed E-state index contributed by atoms with van der Waals surface area (Å²) in [5.41, 5.74) is 0.718. The van der Waals surface area contributed by atoms with Gasteiger partial charge in [0, 0.05) is 17.4 Å². The molecule has 0 radical (unpaired) electrons. The fourth-order valence-corrected chi connectivity index (χ4v) is 2.17. The Kier molecular flexibility index (Phi) is 3.96. The van der Waals surface area contributed by atoms with E-state index in [4.69, 9.17) is 0 Å². The van der Waals surface area contributed by atoms with E-state index in [-0.39, 0.29) is 11.5 Å². The summed E-state index contributed by atoms with van der Waals surface area (Å²) in [6, 6.07) is 8.88. The van der Waals surface area contributed by atoms with Crippen LogP contribution in [0.1, 0.15) is 6.92 Å². The van der Waals surface area contributed by atoms with Crippen molar-refractivity contribution in [3.8, 4) is 11.5 Å². The van der Waals surface area contributed by atoms with Gasteiger partial charge in [-0.15, -0.1) is 8.78 Å². The molecule has 0 fully saturated rings. The SMILES string of the molecule is CC(Nc1ccc2c(c1)OC(F)(F)O2)C(=O)Nc1cccc(F)c1. The molecule has 0 saturated heterocycles. The number of amides is 1.